The maximum Gasteiger partial charge on any atom is 0.350 e. The number of halogens is 2. The highest BCUT2D eigenvalue weighted by Crippen LogP contribution is 2.38. The maximum absolute atomic E-state index is 14.9. The number of likely N-dealkylation sites (N-methyl/N-ethyl adjacent to an activating group) is 1. The second-order valence-corrected chi connectivity index (χ2v) is 14.2. The minimum absolute atomic E-state index is 0.0290. The minimum atomic E-state index is -1.52. The molecule has 0 N–H and O–H groups in total. The normalized spacial score (nSPS) is 19.1. The van der Waals surface area contributed by atoms with Crippen LogP contribution in [0.2, 0.25) is 0 Å². The molecule has 2 aliphatic heterocycles. The Kier molecular flexibility index (Phi) is 12.9. The van der Waals surface area contributed by atoms with Crippen molar-refractivity contribution in [3.05, 3.63) is 113 Å². The zero-order chi connectivity index (χ0) is 39.8. The summed E-state index contributed by atoms with van der Waals surface area (Å²) in [5, 5.41) is 8.56. The molecule has 0 amide bonds. The number of hydrogen-bond donors (Lipinski definition) is 0. The molecular weight excluding hydrogens is 737 g/mol. The summed E-state index contributed by atoms with van der Waals surface area (Å²) in [4.78, 5) is 24.3. The first-order chi connectivity index (χ1) is 27.8. The molecule has 2 fully saturated rings. The first-order valence-electron chi connectivity index (χ1n) is 19.7. The van der Waals surface area contributed by atoms with E-state index in [1.807, 2.05) is 43.3 Å². The zero-order valence-electron chi connectivity index (χ0n) is 32.8. The molecule has 57 heavy (non-hydrogen) atoms. The van der Waals surface area contributed by atoms with Crippen molar-refractivity contribution in [3.63, 3.8) is 0 Å². The molecule has 0 aliphatic carbocycles. The van der Waals surface area contributed by atoms with Gasteiger partial charge in [0.25, 0.3) is 0 Å². The molecule has 2 aromatic heterocycles. The number of piperazine rings is 1. The predicted octanol–water partition coefficient (Wildman–Crippen LogP) is 4.89. The molecule has 2 aliphatic rings. The average molecular weight is 788 g/mol. The summed E-state index contributed by atoms with van der Waals surface area (Å²) in [6, 6.07) is 19.2. The summed E-state index contributed by atoms with van der Waals surface area (Å²) >= 11 is 0. The van der Waals surface area contributed by atoms with Gasteiger partial charge < -0.3 is 33.6 Å². The molecule has 16 heteroatoms. The fourth-order valence-corrected chi connectivity index (χ4v) is 7.33. The summed E-state index contributed by atoms with van der Waals surface area (Å²) < 4.78 is 57.6. The quantitative estimate of drug-likeness (QED) is 0.113. The maximum atomic E-state index is 14.9. The monoisotopic (exact) mass is 787 g/mol. The molecule has 3 aromatic carbocycles. The molecular formula is C41H51F2N9O5. The van der Waals surface area contributed by atoms with Crippen molar-refractivity contribution in [2.75, 3.05) is 82.0 Å². The van der Waals surface area contributed by atoms with Crippen LogP contribution in [0.15, 0.2) is 90.5 Å². The Morgan fingerprint density at radius 2 is 1.58 bits per heavy atom. The number of anilines is 2. The van der Waals surface area contributed by atoms with Crippen LogP contribution in [0.1, 0.15) is 38.8 Å². The van der Waals surface area contributed by atoms with E-state index in [2.05, 4.69) is 55.9 Å². The Balaban J connectivity index is 0.890. The standard InChI is InChI=1S/C41H51F2N9O5/c1-4-32(24-54-22-21-47(5-2)6-3)52-40(53)51(30-46-52)35-10-8-33(9-11-35)48-17-19-49(20-18-48)34-12-14-36(15-13-34)55-25-37-26-56-41(57-37,27-50-29-44-28-45-50)38-16-7-31(42)23-39(38)43/h7-16,23,28-30,32,37H,4-6,17-22,24-27H2,1-3H3. The first kappa shape index (κ1) is 40.1. The molecule has 3 unspecified atom stereocenters. The van der Waals surface area contributed by atoms with E-state index in [9.17, 15) is 13.6 Å². The van der Waals surface area contributed by atoms with Gasteiger partial charge in [0.1, 0.15) is 55.6 Å². The third-order valence-electron chi connectivity index (χ3n) is 10.7. The van der Waals surface area contributed by atoms with Crippen LogP contribution >= 0.6 is 0 Å². The molecule has 14 nitrogen and oxygen atoms in total. The van der Waals surface area contributed by atoms with Gasteiger partial charge in [-0.1, -0.05) is 20.8 Å². The summed E-state index contributed by atoms with van der Waals surface area (Å²) in [7, 11) is 0. The molecule has 0 bridgehead atoms. The van der Waals surface area contributed by atoms with Crippen LogP contribution in [0, 0.1) is 11.6 Å². The lowest BCUT2D eigenvalue weighted by Gasteiger charge is -2.37. The van der Waals surface area contributed by atoms with Crippen molar-refractivity contribution in [2.45, 2.75) is 51.7 Å². The fraction of sp³-hybridized carbons (Fsp3) is 0.463. The Labute approximate surface area is 331 Å². The molecule has 2 saturated heterocycles. The second-order valence-electron chi connectivity index (χ2n) is 14.2. The molecule has 0 radical (unpaired) electrons. The predicted molar refractivity (Wildman–Crippen MR) is 211 cm³/mol. The average Bonchev–Trinajstić information content (AvgIpc) is 4.00. The van der Waals surface area contributed by atoms with E-state index in [4.69, 9.17) is 18.9 Å². The van der Waals surface area contributed by atoms with Crippen LogP contribution in [0.25, 0.3) is 5.69 Å². The Hall–Kier alpha value is -5.16. The zero-order valence-corrected chi connectivity index (χ0v) is 32.8. The number of nitrogens with zero attached hydrogens (tertiary/aromatic N) is 9. The third-order valence-corrected chi connectivity index (χ3v) is 10.7. The van der Waals surface area contributed by atoms with Crippen molar-refractivity contribution in [3.8, 4) is 11.4 Å². The molecule has 0 saturated carbocycles. The van der Waals surface area contributed by atoms with Crippen molar-refractivity contribution < 1.29 is 27.7 Å². The lowest BCUT2D eigenvalue weighted by molar-refractivity contribution is -0.192. The molecule has 3 atom stereocenters. The highest BCUT2D eigenvalue weighted by molar-refractivity contribution is 5.54. The van der Waals surface area contributed by atoms with Crippen molar-refractivity contribution in [1.82, 2.24) is 34.0 Å². The van der Waals surface area contributed by atoms with E-state index in [1.54, 1.807) is 10.9 Å². The Bertz CT molecular complexity index is 2070. The van der Waals surface area contributed by atoms with Gasteiger partial charge in [-0.05, 0) is 80.2 Å². The van der Waals surface area contributed by atoms with Gasteiger partial charge in [-0.2, -0.15) is 10.2 Å². The lowest BCUT2D eigenvalue weighted by Crippen LogP contribution is -2.46. The second kappa shape index (κ2) is 18.4. The number of ether oxygens (including phenoxy) is 4. The highest BCUT2D eigenvalue weighted by atomic mass is 19.1. The first-order valence-corrected chi connectivity index (χ1v) is 19.7. The minimum Gasteiger partial charge on any atom is -0.491 e. The van der Waals surface area contributed by atoms with Gasteiger partial charge >= 0.3 is 5.69 Å². The number of benzene rings is 3. The van der Waals surface area contributed by atoms with Crippen LogP contribution < -0.4 is 20.2 Å². The Morgan fingerprint density at radius 3 is 2.21 bits per heavy atom. The van der Waals surface area contributed by atoms with E-state index < -0.39 is 23.5 Å². The summed E-state index contributed by atoms with van der Waals surface area (Å²) in [5.41, 5.74) is 2.86. The van der Waals surface area contributed by atoms with Gasteiger partial charge in [0, 0.05) is 55.7 Å². The van der Waals surface area contributed by atoms with Gasteiger partial charge in [0.05, 0.1) is 31.5 Å². The molecule has 4 heterocycles. The van der Waals surface area contributed by atoms with E-state index in [1.165, 1.54) is 34.2 Å². The Morgan fingerprint density at radius 1 is 0.895 bits per heavy atom. The van der Waals surface area contributed by atoms with Crippen molar-refractivity contribution in [2.24, 2.45) is 0 Å². The van der Waals surface area contributed by atoms with Crippen LogP contribution in [-0.2, 0) is 26.5 Å². The highest BCUT2D eigenvalue weighted by Gasteiger charge is 2.46. The lowest BCUT2D eigenvalue weighted by atomic mass is 10.0. The molecule has 0 spiro atoms. The number of hydrogen-bond acceptors (Lipinski definition) is 11. The molecule has 304 valence electrons. The van der Waals surface area contributed by atoms with Gasteiger partial charge in [-0.3, -0.25) is 0 Å². The molecule has 7 rings (SSSR count). The van der Waals surface area contributed by atoms with E-state index in [0.29, 0.717) is 19.0 Å². The number of rotatable bonds is 18. The van der Waals surface area contributed by atoms with E-state index >= 15 is 0 Å². The van der Waals surface area contributed by atoms with E-state index in [0.717, 1.165) is 75.4 Å². The summed E-state index contributed by atoms with van der Waals surface area (Å²) in [5.74, 6) is -2.31. The van der Waals surface area contributed by atoms with Crippen LogP contribution in [-0.4, -0.2) is 112 Å². The summed E-state index contributed by atoms with van der Waals surface area (Å²) in [6.07, 6.45) is 4.67. The van der Waals surface area contributed by atoms with Crippen molar-refractivity contribution in [1.29, 1.82) is 0 Å². The molecule has 5 aromatic rings. The number of aromatic nitrogens is 6. The van der Waals surface area contributed by atoms with Gasteiger partial charge in [0.15, 0.2) is 0 Å². The fourth-order valence-electron chi connectivity index (χ4n) is 7.33. The van der Waals surface area contributed by atoms with E-state index in [-0.39, 0.29) is 37.1 Å². The topological polar surface area (TPSA) is 117 Å². The van der Waals surface area contributed by atoms with Crippen molar-refractivity contribution >= 4 is 11.4 Å². The van der Waals surface area contributed by atoms with Crippen LogP contribution in [0.3, 0.4) is 0 Å². The smallest absolute Gasteiger partial charge is 0.350 e. The van der Waals surface area contributed by atoms with Crippen LogP contribution in [0.5, 0.6) is 5.75 Å². The van der Waals surface area contributed by atoms with Gasteiger partial charge in [-0.15, -0.1) is 0 Å². The van der Waals surface area contributed by atoms with Gasteiger partial charge in [0.2, 0.25) is 5.79 Å². The SMILES string of the molecule is CCC(COCCN(CC)CC)n1ncn(-c2ccc(N3CCN(c4ccc(OCC5COC(Cn6cncn6)(c6ccc(F)cc6F)O5)cc4)CC3)cc2)c1=O. The van der Waals surface area contributed by atoms with Gasteiger partial charge in [-0.25, -0.2) is 32.5 Å². The largest absolute Gasteiger partial charge is 0.491 e. The van der Waals surface area contributed by atoms with Crippen LogP contribution in [0.4, 0.5) is 20.2 Å². The summed E-state index contributed by atoms with van der Waals surface area (Å²) in [6.45, 7) is 13.9. The third kappa shape index (κ3) is 9.36.